The maximum atomic E-state index is 8.67. The molecule has 0 saturated carbocycles. The Kier molecular flexibility index (Phi) is 3.88. The van der Waals surface area contributed by atoms with E-state index in [4.69, 9.17) is 14.6 Å². The van der Waals surface area contributed by atoms with Crippen LogP contribution >= 0.6 is 0 Å². The number of methoxy groups -OCH3 is 1. The Bertz CT molecular complexity index is 1120. The van der Waals surface area contributed by atoms with Crippen molar-refractivity contribution in [2.24, 2.45) is 0 Å². The average Bonchev–Trinajstić information content (AvgIpc) is 3.25. The van der Waals surface area contributed by atoms with Gasteiger partial charge in [0.1, 0.15) is 22.6 Å². The summed E-state index contributed by atoms with van der Waals surface area (Å²) < 4.78 is 14.5. The number of hydrogen-bond donors (Lipinski definition) is 1. The molecule has 0 aliphatic carbocycles. The van der Waals surface area contributed by atoms with E-state index in [1.165, 1.54) is 0 Å². The second kappa shape index (κ2) is 6.22. The lowest BCUT2D eigenvalue weighted by atomic mass is 10.2. The van der Waals surface area contributed by atoms with Crippen LogP contribution in [0.3, 0.4) is 0 Å². The van der Waals surface area contributed by atoms with Crippen LogP contribution in [0.2, 0.25) is 0 Å². The standard InChI is InChI=1S/C20H20N4O2/c1-13-14(2)24(15-6-8-16(25-3)9-7-15)20-18(13)19(21)23(12-22-20)11-17-5-4-10-26-17/h4-10,12,21H,11H2,1-3H3. The molecule has 6 nitrogen and oxygen atoms in total. The summed E-state index contributed by atoms with van der Waals surface area (Å²) in [4.78, 5) is 4.66. The lowest BCUT2D eigenvalue weighted by Gasteiger charge is -2.10. The van der Waals surface area contributed by atoms with Gasteiger partial charge in [0.25, 0.3) is 0 Å². The van der Waals surface area contributed by atoms with Gasteiger partial charge >= 0.3 is 0 Å². The monoisotopic (exact) mass is 348 g/mol. The summed E-state index contributed by atoms with van der Waals surface area (Å²) in [6, 6.07) is 11.6. The van der Waals surface area contributed by atoms with E-state index in [1.54, 1.807) is 24.3 Å². The normalized spacial score (nSPS) is 11.2. The van der Waals surface area contributed by atoms with Crippen LogP contribution < -0.4 is 10.2 Å². The molecule has 0 spiro atoms. The van der Waals surface area contributed by atoms with E-state index < -0.39 is 0 Å². The van der Waals surface area contributed by atoms with Crippen molar-refractivity contribution in [1.29, 1.82) is 5.41 Å². The summed E-state index contributed by atoms with van der Waals surface area (Å²) in [6.07, 6.45) is 3.34. The number of hydrogen-bond acceptors (Lipinski definition) is 4. The quantitative estimate of drug-likeness (QED) is 0.613. The number of fused-ring (bicyclic) bond motifs is 1. The first-order valence-corrected chi connectivity index (χ1v) is 8.38. The molecule has 0 aliphatic rings. The maximum absolute atomic E-state index is 8.67. The molecular weight excluding hydrogens is 328 g/mol. The van der Waals surface area contributed by atoms with E-state index in [2.05, 4.69) is 16.5 Å². The minimum atomic E-state index is 0.430. The molecule has 0 radical (unpaired) electrons. The topological polar surface area (TPSA) is 69.0 Å². The lowest BCUT2D eigenvalue weighted by molar-refractivity contribution is 0.415. The molecule has 0 amide bonds. The highest BCUT2D eigenvalue weighted by Crippen LogP contribution is 2.26. The molecule has 0 aliphatic heterocycles. The maximum Gasteiger partial charge on any atom is 0.150 e. The minimum Gasteiger partial charge on any atom is -0.497 e. The fraction of sp³-hybridized carbons (Fsp3) is 0.200. The largest absolute Gasteiger partial charge is 0.497 e. The Balaban J connectivity index is 1.89. The molecule has 26 heavy (non-hydrogen) atoms. The molecule has 0 saturated heterocycles. The van der Waals surface area contributed by atoms with Crippen LogP contribution in [0.1, 0.15) is 17.0 Å². The van der Waals surface area contributed by atoms with Gasteiger partial charge in [-0.25, -0.2) is 4.98 Å². The van der Waals surface area contributed by atoms with Gasteiger partial charge in [0.15, 0.2) is 0 Å². The molecule has 4 rings (SSSR count). The van der Waals surface area contributed by atoms with E-state index in [9.17, 15) is 0 Å². The van der Waals surface area contributed by atoms with Crippen molar-refractivity contribution in [2.75, 3.05) is 7.11 Å². The van der Waals surface area contributed by atoms with Crippen molar-refractivity contribution in [1.82, 2.24) is 14.1 Å². The first-order valence-electron chi connectivity index (χ1n) is 8.38. The van der Waals surface area contributed by atoms with E-state index in [-0.39, 0.29) is 0 Å². The molecule has 0 atom stereocenters. The van der Waals surface area contributed by atoms with Gasteiger partial charge in [-0.1, -0.05) is 0 Å². The van der Waals surface area contributed by atoms with Gasteiger partial charge in [-0.3, -0.25) is 9.98 Å². The predicted molar refractivity (Wildman–Crippen MR) is 98.8 cm³/mol. The molecule has 6 heteroatoms. The Labute approximate surface area is 150 Å². The number of nitrogens with zero attached hydrogens (tertiary/aromatic N) is 3. The number of ether oxygens (including phenoxy) is 1. The second-order valence-corrected chi connectivity index (χ2v) is 6.24. The Morgan fingerprint density at radius 2 is 1.92 bits per heavy atom. The molecule has 0 bridgehead atoms. The third-order valence-corrected chi connectivity index (χ3v) is 4.77. The molecular formula is C20H20N4O2. The van der Waals surface area contributed by atoms with Crippen molar-refractivity contribution in [3.05, 3.63) is 71.5 Å². The van der Waals surface area contributed by atoms with E-state index in [1.807, 2.05) is 43.3 Å². The van der Waals surface area contributed by atoms with Gasteiger partial charge in [0, 0.05) is 11.4 Å². The number of aryl methyl sites for hydroxylation is 1. The Morgan fingerprint density at radius 1 is 1.15 bits per heavy atom. The summed E-state index contributed by atoms with van der Waals surface area (Å²) in [5.41, 5.74) is 4.34. The first-order chi connectivity index (χ1) is 12.6. The van der Waals surface area contributed by atoms with Gasteiger partial charge in [-0.15, -0.1) is 0 Å². The van der Waals surface area contributed by atoms with Crippen LogP contribution in [0, 0.1) is 19.3 Å². The molecule has 3 heterocycles. The van der Waals surface area contributed by atoms with Crippen LogP contribution in [0.4, 0.5) is 0 Å². The molecule has 3 aromatic heterocycles. The van der Waals surface area contributed by atoms with Crippen molar-refractivity contribution in [2.45, 2.75) is 20.4 Å². The second-order valence-electron chi connectivity index (χ2n) is 6.24. The van der Waals surface area contributed by atoms with Gasteiger partial charge in [0.2, 0.25) is 0 Å². The van der Waals surface area contributed by atoms with Gasteiger partial charge < -0.3 is 13.7 Å². The highest BCUT2D eigenvalue weighted by molar-refractivity contribution is 5.82. The summed E-state index contributed by atoms with van der Waals surface area (Å²) >= 11 is 0. The van der Waals surface area contributed by atoms with Crippen LogP contribution in [-0.4, -0.2) is 21.2 Å². The molecule has 132 valence electrons. The van der Waals surface area contributed by atoms with Gasteiger partial charge in [-0.2, -0.15) is 0 Å². The zero-order valence-electron chi connectivity index (χ0n) is 15.0. The Morgan fingerprint density at radius 3 is 2.58 bits per heavy atom. The molecule has 0 unspecified atom stereocenters. The van der Waals surface area contributed by atoms with Gasteiger partial charge in [0.05, 0.1) is 31.6 Å². The van der Waals surface area contributed by atoms with Gasteiger partial charge in [-0.05, 0) is 55.8 Å². The van der Waals surface area contributed by atoms with Crippen LogP contribution in [0.5, 0.6) is 5.75 Å². The molecule has 1 N–H and O–H groups in total. The van der Waals surface area contributed by atoms with Crippen LogP contribution in [0.15, 0.2) is 53.4 Å². The lowest BCUT2D eigenvalue weighted by Crippen LogP contribution is -2.21. The number of nitrogens with one attached hydrogen (secondary N) is 1. The van der Waals surface area contributed by atoms with E-state index >= 15 is 0 Å². The van der Waals surface area contributed by atoms with E-state index in [0.29, 0.717) is 12.0 Å². The zero-order chi connectivity index (χ0) is 18.3. The molecule has 1 aromatic carbocycles. The van der Waals surface area contributed by atoms with Crippen molar-refractivity contribution in [3.8, 4) is 11.4 Å². The Hall–Kier alpha value is -3.28. The summed E-state index contributed by atoms with van der Waals surface area (Å²) in [7, 11) is 1.65. The smallest absolute Gasteiger partial charge is 0.150 e. The summed E-state index contributed by atoms with van der Waals surface area (Å²) in [5, 5.41) is 9.52. The molecule has 4 aromatic rings. The van der Waals surface area contributed by atoms with Crippen LogP contribution in [-0.2, 0) is 6.54 Å². The number of rotatable bonds is 4. The molecule has 0 fully saturated rings. The fourth-order valence-electron chi connectivity index (χ4n) is 3.26. The number of benzene rings is 1. The predicted octanol–water partition coefficient (Wildman–Crippen LogP) is 3.57. The third kappa shape index (κ3) is 2.50. The summed E-state index contributed by atoms with van der Waals surface area (Å²) in [6.45, 7) is 4.58. The SMILES string of the molecule is COc1ccc(-n2c(C)c(C)c3c(=N)n(Cc4ccco4)cnc32)cc1. The van der Waals surface area contributed by atoms with Crippen molar-refractivity contribution < 1.29 is 9.15 Å². The van der Waals surface area contributed by atoms with Crippen molar-refractivity contribution in [3.63, 3.8) is 0 Å². The van der Waals surface area contributed by atoms with Crippen LogP contribution in [0.25, 0.3) is 16.7 Å². The highest BCUT2D eigenvalue weighted by Gasteiger charge is 2.16. The average molecular weight is 348 g/mol. The summed E-state index contributed by atoms with van der Waals surface area (Å²) in [5.74, 6) is 1.61. The van der Waals surface area contributed by atoms with Crippen molar-refractivity contribution >= 4 is 11.0 Å². The minimum absolute atomic E-state index is 0.430. The number of aromatic nitrogens is 3. The first kappa shape index (κ1) is 16.2. The fourth-order valence-corrected chi connectivity index (χ4v) is 3.26. The third-order valence-electron chi connectivity index (χ3n) is 4.77. The van der Waals surface area contributed by atoms with E-state index in [0.717, 1.165) is 39.5 Å². The zero-order valence-corrected chi connectivity index (χ0v) is 15.0. The number of furan rings is 1. The highest BCUT2D eigenvalue weighted by atomic mass is 16.5.